The number of hydrogen-bond acceptors (Lipinski definition) is 3. The highest BCUT2D eigenvalue weighted by atomic mass is 35.5. The van der Waals surface area contributed by atoms with Gasteiger partial charge >= 0.3 is 0 Å². The van der Waals surface area contributed by atoms with E-state index in [0.29, 0.717) is 5.69 Å². The van der Waals surface area contributed by atoms with Crippen LogP contribution < -0.4 is 9.62 Å². The molecule has 3 aromatic carbocycles. The van der Waals surface area contributed by atoms with Gasteiger partial charge in [-0.05, 0) is 48.9 Å². The van der Waals surface area contributed by atoms with Crippen molar-refractivity contribution in [3.63, 3.8) is 0 Å². The number of carbonyl (C=O) groups excluding carboxylic acids is 1. The summed E-state index contributed by atoms with van der Waals surface area (Å²) in [7, 11) is -4.03. The Labute approximate surface area is 179 Å². The maximum atomic E-state index is 13.3. The zero-order chi connectivity index (χ0) is 21.0. The number of carbonyl (C=O) groups is 1. The van der Waals surface area contributed by atoms with Gasteiger partial charge < -0.3 is 5.32 Å². The normalized spacial score (nSPS) is 11.1. The Morgan fingerprint density at radius 3 is 2.14 bits per heavy atom. The first kappa shape index (κ1) is 21.2. The lowest BCUT2D eigenvalue weighted by Gasteiger charge is -2.24. The van der Waals surface area contributed by atoms with Crippen LogP contribution >= 0.6 is 23.2 Å². The fourth-order valence-electron chi connectivity index (χ4n) is 2.75. The fraction of sp³-hybridized carbons (Fsp3) is 0.0952. The summed E-state index contributed by atoms with van der Waals surface area (Å²) < 4.78 is 27.5. The molecule has 1 N–H and O–H groups in total. The smallest absolute Gasteiger partial charge is 0.264 e. The van der Waals surface area contributed by atoms with Gasteiger partial charge in [-0.1, -0.05) is 59.6 Å². The number of amides is 1. The van der Waals surface area contributed by atoms with E-state index < -0.39 is 22.5 Å². The first-order chi connectivity index (χ1) is 13.8. The van der Waals surface area contributed by atoms with Crippen LogP contribution in [0.15, 0.2) is 77.7 Å². The average Bonchev–Trinajstić information content (AvgIpc) is 2.68. The highest BCUT2D eigenvalue weighted by molar-refractivity contribution is 7.92. The monoisotopic (exact) mass is 448 g/mol. The molecule has 1 amide bonds. The number of benzene rings is 3. The summed E-state index contributed by atoms with van der Waals surface area (Å²) in [5.41, 5.74) is 1.68. The third-order valence-electron chi connectivity index (χ3n) is 4.17. The number of hydrogen-bond donors (Lipinski definition) is 1. The van der Waals surface area contributed by atoms with Gasteiger partial charge in [0.15, 0.2) is 0 Å². The molecule has 0 aliphatic carbocycles. The number of nitrogens with zero attached hydrogens (tertiary/aromatic N) is 1. The third kappa shape index (κ3) is 5.09. The Bertz CT molecular complexity index is 1120. The molecule has 0 aromatic heterocycles. The number of nitrogens with one attached hydrogen (secondary N) is 1. The van der Waals surface area contributed by atoms with Crippen molar-refractivity contribution in [1.29, 1.82) is 0 Å². The Balaban J connectivity index is 1.99. The topological polar surface area (TPSA) is 66.5 Å². The molecule has 0 spiro atoms. The predicted molar refractivity (Wildman–Crippen MR) is 117 cm³/mol. The molecule has 3 aromatic rings. The van der Waals surface area contributed by atoms with Crippen LogP contribution in [-0.2, 0) is 14.8 Å². The van der Waals surface area contributed by atoms with Crippen LogP contribution in [0.2, 0.25) is 10.0 Å². The van der Waals surface area contributed by atoms with Crippen LogP contribution in [0, 0.1) is 6.92 Å². The van der Waals surface area contributed by atoms with Gasteiger partial charge in [0.05, 0.1) is 10.6 Å². The Hall–Kier alpha value is -2.54. The summed E-state index contributed by atoms with van der Waals surface area (Å²) in [5, 5.41) is 3.28. The summed E-state index contributed by atoms with van der Waals surface area (Å²) in [6, 6.07) is 19.5. The Morgan fingerprint density at radius 1 is 0.931 bits per heavy atom. The van der Waals surface area contributed by atoms with Gasteiger partial charge in [0, 0.05) is 15.7 Å². The van der Waals surface area contributed by atoms with Crippen LogP contribution in [0.3, 0.4) is 0 Å². The van der Waals surface area contributed by atoms with Crippen LogP contribution in [0.4, 0.5) is 11.4 Å². The van der Waals surface area contributed by atoms with E-state index in [2.05, 4.69) is 5.32 Å². The maximum Gasteiger partial charge on any atom is 0.264 e. The molecule has 0 heterocycles. The molecule has 0 aliphatic heterocycles. The standard InChI is InChI=1S/C21H18Cl2N2O3S/c1-15-7-5-6-10-20(15)24-21(26)14-25(18-12-16(22)11-17(23)13-18)29(27,28)19-8-3-2-4-9-19/h2-13H,14H2,1H3,(H,24,26). The molecule has 0 bridgehead atoms. The molecule has 0 saturated heterocycles. The molecule has 0 radical (unpaired) electrons. The lowest BCUT2D eigenvalue weighted by Crippen LogP contribution is -2.38. The molecule has 0 aliphatic rings. The zero-order valence-corrected chi connectivity index (χ0v) is 17.8. The second-order valence-corrected chi connectivity index (χ2v) is 9.05. The molecule has 0 atom stereocenters. The highest BCUT2D eigenvalue weighted by Crippen LogP contribution is 2.29. The van der Waals surface area contributed by atoms with Gasteiger partial charge in [-0.25, -0.2) is 8.42 Å². The predicted octanol–water partition coefficient (Wildman–Crippen LogP) is 5.14. The van der Waals surface area contributed by atoms with E-state index in [1.807, 2.05) is 19.1 Å². The SMILES string of the molecule is Cc1ccccc1NC(=O)CN(c1cc(Cl)cc(Cl)c1)S(=O)(=O)c1ccccc1. The second kappa shape index (κ2) is 8.86. The molecular weight excluding hydrogens is 431 g/mol. The highest BCUT2D eigenvalue weighted by Gasteiger charge is 2.27. The largest absolute Gasteiger partial charge is 0.324 e. The second-order valence-electron chi connectivity index (χ2n) is 6.32. The van der Waals surface area contributed by atoms with Crippen molar-refractivity contribution in [3.8, 4) is 0 Å². The Morgan fingerprint density at radius 2 is 1.52 bits per heavy atom. The van der Waals surface area contributed by atoms with E-state index in [4.69, 9.17) is 23.2 Å². The lowest BCUT2D eigenvalue weighted by atomic mass is 10.2. The van der Waals surface area contributed by atoms with Crippen molar-refractivity contribution < 1.29 is 13.2 Å². The molecule has 29 heavy (non-hydrogen) atoms. The summed E-state index contributed by atoms with van der Waals surface area (Å²) in [6.07, 6.45) is 0. The number of halogens is 2. The zero-order valence-electron chi connectivity index (χ0n) is 15.5. The van der Waals surface area contributed by atoms with Crippen LogP contribution in [-0.4, -0.2) is 20.9 Å². The van der Waals surface area contributed by atoms with Gasteiger partial charge in [-0.15, -0.1) is 0 Å². The summed E-state index contributed by atoms with van der Waals surface area (Å²) in [5.74, 6) is -0.491. The molecule has 0 unspecified atom stereocenters. The molecule has 5 nitrogen and oxygen atoms in total. The van der Waals surface area contributed by atoms with E-state index >= 15 is 0 Å². The molecule has 0 saturated carbocycles. The van der Waals surface area contributed by atoms with E-state index in [-0.39, 0.29) is 20.6 Å². The summed E-state index contributed by atoms with van der Waals surface area (Å²) >= 11 is 12.1. The lowest BCUT2D eigenvalue weighted by molar-refractivity contribution is -0.114. The molecule has 8 heteroatoms. The van der Waals surface area contributed by atoms with E-state index in [0.717, 1.165) is 9.87 Å². The summed E-state index contributed by atoms with van der Waals surface area (Å²) in [4.78, 5) is 12.8. The minimum Gasteiger partial charge on any atom is -0.324 e. The first-order valence-electron chi connectivity index (χ1n) is 8.67. The van der Waals surface area contributed by atoms with Crippen LogP contribution in [0.25, 0.3) is 0 Å². The van der Waals surface area contributed by atoms with Crippen molar-refractivity contribution in [2.45, 2.75) is 11.8 Å². The number of aryl methyl sites for hydroxylation is 1. The van der Waals surface area contributed by atoms with Crippen molar-refractivity contribution in [1.82, 2.24) is 0 Å². The van der Waals surface area contributed by atoms with Crippen LogP contribution in [0.5, 0.6) is 0 Å². The molecular formula is C21H18Cl2N2O3S. The van der Waals surface area contributed by atoms with E-state index in [9.17, 15) is 13.2 Å². The van der Waals surface area contributed by atoms with Gasteiger partial charge in [0.2, 0.25) is 5.91 Å². The van der Waals surface area contributed by atoms with Crippen molar-refractivity contribution >= 4 is 50.5 Å². The first-order valence-corrected chi connectivity index (χ1v) is 10.9. The fourth-order valence-corrected chi connectivity index (χ4v) is 4.69. The van der Waals surface area contributed by atoms with E-state index in [1.54, 1.807) is 30.3 Å². The van der Waals surface area contributed by atoms with Crippen molar-refractivity contribution in [2.24, 2.45) is 0 Å². The Kier molecular flexibility index (Phi) is 6.47. The minimum atomic E-state index is -4.03. The van der Waals surface area contributed by atoms with Gasteiger partial charge in [-0.2, -0.15) is 0 Å². The van der Waals surface area contributed by atoms with Gasteiger partial charge in [-0.3, -0.25) is 9.10 Å². The van der Waals surface area contributed by atoms with Crippen molar-refractivity contribution in [2.75, 3.05) is 16.2 Å². The average molecular weight is 449 g/mol. The minimum absolute atomic E-state index is 0.0554. The number of para-hydroxylation sites is 1. The third-order valence-corrected chi connectivity index (χ3v) is 6.40. The quantitative estimate of drug-likeness (QED) is 0.567. The van der Waals surface area contributed by atoms with Gasteiger partial charge in [0.1, 0.15) is 6.54 Å². The molecule has 0 fully saturated rings. The van der Waals surface area contributed by atoms with E-state index in [1.165, 1.54) is 30.3 Å². The van der Waals surface area contributed by atoms with Crippen LogP contribution in [0.1, 0.15) is 5.56 Å². The van der Waals surface area contributed by atoms with Gasteiger partial charge in [0.25, 0.3) is 10.0 Å². The number of sulfonamides is 1. The molecule has 3 rings (SSSR count). The maximum absolute atomic E-state index is 13.3. The summed E-state index contributed by atoms with van der Waals surface area (Å²) in [6.45, 7) is 1.41. The molecule has 150 valence electrons. The van der Waals surface area contributed by atoms with Crippen molar-refractivity contribution in [3.05, 3.63) is 88.4 Å². The number of rotatable bonds is 6. The number of anilines is 2.